The monoisotopic (exact) mass is 396 g/mol. The van der Waals surface area contributed by atoms with E-state index in [1.165, 1.54) is 0 Å². The van der Waals surface area contributed by atoms with Crippen LogP contribution in [0, 0.1) is 5.92 Å². The molecule has 2 amide bonds. The van der Waals surface area contributed by atoms with Gasteiger partial charge in [0, 0.05) is 38.0 Å². The standard InChI is InChI=1S/C24H32N2O3/c1-18(27)26-16-20-10-6-7-11-22(20)29-24(17-26)14-12-21(13-15-24)25(2)23(28)19-8-4-3-5-9-19/h3-4,6-7,10-11,19,21H,5,8-9,12-17H2,1-2H3/t19-,21?,24?/m1/s1. The molecule has 0 N–H and O–H groups in total. The number of amides is 2. The third kappa shape index (κ3) is 4.19. The molecule has 0 radical (unpaired) electrons. The molecule has 29 heavy (non-hydrogen) atoms. The first-order valence-electron chi connectivity index (χ1n) is 10.9. The van der Waals surface area contributed by atoms with Crippen molar-refractivity contribution in [2.75, 3.05) is 13.6 Å². The van der Waals surface area contributed by atoms with E-state index in [1.807, 2.05) is 41.1 Å². The van der Waals surface area contributed by atoms with Crippen molar-refractivity contribution in [1.82, 2.24) is 9.80 Å². The smallest absolute Gasteiger partial charge is 0.225 e. The number of hydrogen-bond donors (Lipinski definition) is 0. The van der Waals surface area contributed by atoms with Crippen LogP contribution in [0.5, 0.6) is 5.75 Å². The quantitative estimate of drug-likeness (QED) is 0.712. The highest BCUT2D eigenvalue weighted by Gasteiger charge is 2.43. The Bertz CT molecular complexity index is 795. The molecule has 1 heterocycles. The molecule has 3 aliphatic rings. The molecule has 1 aliphatic heterocycles. The molecule has 5 heteroatoms. The number of hydrogen-bond acceptors (Lipinski definition) is 3. The summed E-state index contributed by atoms with van der Waals surface area (Å²) >= 11 is 0. The van der Waals surface area contributed by atoms with Crippen molar-refractivity contribution in [3.63, 3.8) is 0 Å². The lowest BCUT2D eigenvalue weighted by atomic mass is 9.80. The molecule has 0 saturated heterocycles. The van der Waals surface area contributed by atoms with Gasteiger partial charge in [-0.15, -0.1) is 0 Å². The summed E-state index contributed by atoms with van der Waals surface area (Å²) in [6.45, 7) is 2.86. The van der Waals surface area contributed by atoms with E-state index in [-0.39, 0.29) is 29.4 Å². The van der Waals surface area contributed by atoms with E-state index < -0.39 is 0 Å². The van der Waals surface area contributed by atoms with Gasteiger partial charge in [-0.05, 0) is 51.0 Å². The first kappa shape index (κ1) is 20.0. The summed E-state index contributed by atoms with van der Waals surface area (Å²) in [4.78, 5) is 29.1. The lowest BCUT2D eigenvalue weighted by Crippen LogP contribution is -2.52. The Kier molecular flexibility index (Phi) is 5.66. The Balaban J connectivity index is 1.46. The number of ether oxygens (including phenoxy) is 1. The normalized spacial score (nSPS) is 29.0. The summed E-state index contributed by atoms with van der Waals surface area (Å²) in [6.07, 6.45) is 10.7. The number of para-hydroxylation sites is 1. The molecule has 2 aliphatic carbocycles. The van der Waals surface area contributed by atoms with E-state index in [0.29, 0.717) is 13.1 Å². The maximum Gasteiger partial charge on any atom is 0.225 e. The molecule has 1 aromatic rings. The Labute approximate surface area is 173 Å². The molecule has 1 spiro atoms. The number of rotatable bonds is 2. The van der Waals surface area contributed by atoms with Crippen LogP contribution in [0.25, 0.3) is 0 Å². The molecule has 1 aromatic carbocycles. The lowest BCUT2D eigenvalue weighted by Gasteiger charge is -2.44. The predicted octanol–water partition coefficient (Wildman–Crippen LogP) is 3.92. The van der Waals surface area contributed by atoms with Gasteiger partial charge in [-0.3, -0.25) is 9.59 Å². The van der Waals surface area contributed by atoms with Crippen LogP contribution in [-0.4, -0.2) is 46.8 Å². The summed E-state index contributed by atoms with van der Waals surface area (Å²) in [5, 5.41) is 0. The summed E-state index contributed by atoms with van der Waals surface area (Å²) < 4.78 is 6.56. The average Bonchev–Trinajstić information content (AvgIpc) is 2.90. The van der Waals surface area contributed by atoms with Crippen molar-refractivity contribution in [2.24, 2.45) is 5.92 Å². The van der Waals surface area contributed by atoms with Crippen molar-refractivity contribution in [3.8, 4) is 5.75 Å². The molecule has 1 atom stereocenters. The lowest BCUT2D eigenvalue weighted by molar-refractivity contribution is -0.138. The van der Waals surface area contributed by atoms with Gasteiger partial charge in [-0.25, -0.2) is 0 Å². The zero-order valence-electron chi connectivity index (χ0n) is 17.6. The maximum atomic E-state index is 12.9. The predicted molar refractivity (Wildman–Crippen MR) is 112 cm³/mol. The topological polar surface area (TPSA) is 49.9 Å². The van der Waals surface area contributed by atoms with Crippen molar-refractivity contribution in [2.45, 2.75) is 70.1 Å². The van der Waals surface area contributed by atoms with Crippen molar-refractivity contribution >= 4 is 11.8 Å². The van der Waals surface area contributed by atoms with Crippen molar-refractivity contribution in [1.29, 1.82) is 0 Å². The molecule has 0 unspecified atom stereocenters. The third-order valence-corrected chi connectivity index (χ3v) is 6.96. The van der Waals surface area contributed by atoms with Gasteiger partial charge in [-0.2, -0.15) is 0 Å². The number of benzene rings is 1. The fourth-order valence-electron chi connectivity index (χ4n) is 5.09. The van der Waals surface area contributed by atoms with Crippen LogP contribution in [0.2, 0.25) is 0 Å². The van der Waals surface area contributed by atoms with Crippen LogP contribution in [0.4, 0.5) is 0 Å². The Morgan fingerprint density at radius 2 is 1.90 bits per heavy atom. The average molecular weight is 397 g/mol. The second-order valence-electron chi connectivity index (χ2n) is 8.93. The Hall–Kier alpha value is -2.30. The van der Waals surface area contributed by atoms with Crippen LogP contribution in [-0.2, 0) is 16.1 Å². The van der Waals surface area contributed by atoms with Gasteiger partial charge in [0.1, 0.15) is 11.4 Å². The second-order valence-corrected chi connectivity index (χ2v) is 8.93. The summed E-state index contributed by atoms with van der Waals surface area (Å²) in [5.74, 6) is 1.40. The minimum Gasteiger partial charge on any atom is -0.485 e. The van der Waals surface area contributed by atoms with Crippen LogP contribution in [0.1, 0.15) is 57.4 Å². The minimum absolute atomic E-state index is 0.0875. The summed E-state index contributed by atoms with van der Waals surface area (Å²) in [6, 6.07) is 8.30. The zero-order chi connectivity index (χ0) is 20.4. The molecule has 5 nitrogen and oxygen atoms in total. The van der Waals surface area contributed by atoms with Crippen LogP contribution in [0.3, 0.4) is 0 Å². The minimum atomic E-state index is -0.355. The van der Waals surface area contributed by atoms with Gasteiger partial charge >= 0.3 is 0 Å². The zero-order valence-corrected chi connectivity index (χ0v) is 17.6. The number of carbonyl (C=O) groups is 2. The number of allylic oxidation sites excluding steroid dienone is 2. The largest absolute Gasteiger partial charge is 0.485 e. The molecule has 1 saturated carbocycles. The fourth-order valence-corrected chi connectivity index (χ4v) is 5.09. The van der Waals surface area contributed by atoms with Gasteiger partial charge < -0.3 is 14.5 Å². The first-order valence-corrected chi connectivity index (χ1v) is 10.9. The van der Waals surface area contributed by atoms with E-state index >= 15 is 0 Å². The van der Waals surface area contributed by atoms with Gasteiger partial charge in [0.2, 0.25) is 11.8 Å². The number of carbonyl (C=O) groups excluding carboxylic acids is 2. The van der Waals surface area contributed by atoms with Crippen LogP contribution < -0.4 is 4.74 Å². The molecule has 156 valence electrons. The SMILES string of the molecule is CC(=O)N1Cc2ccccc2OC2(CCC(N(C)C(=O)[C@@H]3CC=CCC3)CC2)C1. The van der Waals surface area contributed by atoms with Gasteiger partial charge in [0.05, 0.1) is 6.54 Å². The molecule has 4 rings (SSSR count). The Morgan fingerprint density at radius 3 is 2.59 bits per heavy atom. The van der Waals surface area contributed by atoms with Crippen molar-refractivity contribution in [3.05, 3.63) is 42.0 Å². The fraction of sp³-hybridized carbons (Fsp3) is 0.583. The first-order chi connectivity index (χ1) is 14.0. The van der Waals surface area contributed by atoms with E-state index in [2.05, 4.69) is 12.2 Å². The molecule has 0 aromatic heterocycles. The molecule has 1 fully saturated rings. The maximum absolute atomic E-state index is 12.9. The highest BCUT2D eigenvalue weighted by molar-refractivity contribution is 5.79. The van der Waals surface area contributed by atoms with Gasteiger partial charge in [0.25, 0.3) is 0 Å². The van der Waals surface area contributed by atoms with E-state index in [0.717, 1.165) is 56.3 Å². The third-order valence-electron chi connectivity index (χ3n) is 6.96. The van der Waals surface area contributed by atoms with Crippen LogP contribution >= 0.6 is 0 Å². The van der Waals surface area contributed by atoms with Crippen molar-refractivity contribution < 1.29 is 14.3 Å². The second kappa shape index (κ2) is 8.21. The van der Waals surface area contributed by atoms with Gasteiger partial charge in [0.15, 0.2) is 0 Å². The molecule has 0 bridgehead atoms. The summed E-state index contributed by atoms with van der Waals surface area (Å²) in [5.41, 5.74) is 0.714. The van der Waals surface area contributed by atoms with E-state index in [4.69, 9.17) is 4.74 Å². The molecular formula is C24H32N2O3. The van der Waals surface area contributed by atoms with Crippen LogP contribution in [0.15, 0.2) is 36.4 Å². The highest BCUT2D eigenvalue weighted by atomic mass is 16.5. The summed E-state index contributed by atoms with van der Waals surface area (Å²) in [7, 11) is 1.97. The highest BCUT2D eigenvalue weighted by Crippen LogP contribution is 2.39. The van der Waals surface area contributed by atoms with E-state index in [9.17, 15) is 9.59 Å². The number of fused-ring (bicyclic) bond motifs is 1. The van der Waals surface area contributed by atoms with E-state index in [1.54, 1.807) is 6.92 Å². The Morgan fingerprint density at radius 1 is 1.14 bits per heavy atom. The molecular weight excluding hydrogens is 364 g/mol. The van der Waals surface area contributed by atoms with Gasteiger partial charge in [-0.1, -0.05) is 30.4 Å². The number of nitrogens with zero attached hydrogens (tertiary/aromatic N) is 2.